The minimum atomic E-state index is -0.748. The predicted molar refractivity (Wildman–Crippen MR) is 468 cm³/mol. The molecule has 8 aromatic heterocycles. The summed E-state index contributed by atoms with van der Waals surface area (Å²) < 4.78 is 36.8. The SMILES string of the molecule is CC(C)CNc1c(CN)c(-c2ccc(Cl)cc2Cl)cn2c(N3CCS(=O)CC3)cnc12.NCc1c(-c2ccc(Cl)cc2Cl)cn2c(N3CCS(=O)CC3)cnc2c1N.NCc1c(-c2ccc(Cl)cc2Cl)cn2c(N3CCSCC3)cnc2c1N.NCc1cc2ncc(NC(=O)C3CCOCC3)n2cc1-c1ccc(Cl)cc1Cl. The lowest BCUT2D eigenvalue weighted by molar-refractivity contribution is -0.122. The maximum atomic E-state index is 12.6. The van der Waals surface area contributed by atoms with Crippen LogP contribution >= 0.6 is 105 Å². The average molecular weight is 1730 g/mol. The molecule has 4 aliphatic rings. The molecule has 0 bridgehead atoms. The number of nitrogen functional groups attached to an aromatic ring is 2. The molecule has 112 heavy (non-hydrogen) atoms. The van der Waals surface area contributed by atoms with Gasteiger partial charge in [0.15, 0.2) is 16.9 Å². The van der Waals surface area contributed by atoms with Crippen molar-refractivity contribution >= 4 is 195 Å². The van der Waals surface area contributed by atoms with Gasteiger partial charge in [0.2, 0.25) is 5.91 Å². The van der Waals surface area contributed by atoms with E-state index < -0.39 is 21.6 Å². The third-order valence-corrected chi connectivity index (χ3v) is 25.7. The number of halogens is 8. The molecule has 0 unspecified atom stereocenters. The van der Waals surface area contributed by atoms with E-state index in [1.54, 1.807) is 48.8 Å². The van der Waals surface area contributed by atoms with Gasteiger partial charge in [-0.3, -0.25) is 30.8 Å². The van der Waals surface area contributed by atoms with Gasteiger partial charge < -0.3 is 64.5 Å². The molecule has 12 heterocycles. The number of aromatic nitrogens is 8. The second-order valence-electron chi connectivity index (χ2n) is 27.5. The number of nitrogens with two attached hydrogens (primary N) is 6. The van der Waals surface area contributed by atoms with E-state index in [4.69, 9.17) is 137 Å². The smallest absolute Gasteiger partial charge is 0.228 e. The van der Waals surface area contributed by atoms with E-state index in [1.807, 2.05) is 98.4 Å². The van der Waals surface area contributed by atoms with Crippen LogP contribution in [0, 0.1) is 11.8 Å². The number of rotatable bonds is 16. The number of fused-ring (bicyclic) bond motifs is 4. The quantitative estimate of drug-likeness (QED) is 0.0445. The lowest BCUT2D eigenvalue weighted by Gasteiger charge is -2.28. The molecule has 12 aromatic rings. The lowest BCUT2D eigenvalue weighted by Crippen LogP contribution is -2.38. The van der Waals surface area contributed by atoms with Gasteiger partial charge in [-0.1, -0.05) is 131 Å². The van der Waals surface area contributed by atoms with E-state index in [1.165, 1.54) is 0 Å². The van der Waals surface area contributed by atoms with Crippen molar-refractivity contribution in [3.63, 3.8) is 0 Å². The van der Waals surface area contributed by atoms with Gasteiger partial charge in [0.1, 0.15) is 28.9 Å². The van der Waals surface area contributed by atoms with Gasteiger partial charge in [-0.15, -0.1) is 0 Å². The fourth-order valence-electron chi connectivity index (χ4n) is 14.1. The number of benzene rings is 4. The average Bonchev–Trinajstić information content (AvgIpc) is 1.55. The molecule has 4 aromatic carbocycles. The van der Waals surface area contributed by atoms with Crippen molar-refractivity contribution < 1.29 is 17.9 Å². The Labute approximate surface area is 698 Å². The molecule has 23 nitrogen and oxygen atoms in total. The van der Waals surface area contributed by atoms with Crippen molar-refractivity contribution in [2.24, 2.45) is 34.8 Å². The zero-order valence-electron chi connectivity index (χ0n) is 61.4. The van der Waals surface area contributed by atoms with Crippen molar-refractivity contribution in [2.45, 2.75) is 52.9 Å². The van der Waals surface area contributed by atoms with Crippen molar-refractivity contribution in [2.75, 3.05) is 130 Å². The Hall–Kier alpha value is -7.32. The molecular formula is C78H85Cl8N19O4S3. The molecular weight excluding hydrogens is 1650 g/mol. The fourth-order valence-corrected chi connectivity index (χ4v) is 19.2. The summed E-state index contributed by atoms with van der Waals surface area (Å²) in [6.45, 7) is 12.5. The molecule has 0 radical (unpaired) electrons. The Balaban J connectivity index is 0.000000131. The van der Waals surface area contributed by atoms with Crippen LogP contribution in [0.1, 0.15) is 48.9 Å². The van der Waals surface area contributed by atoms with Gasteiger partial charge >= 0.3 is 0 Å². The third-order valence-electron chi connectivity index (χ3n) is 20.1. The van der Waals surface area contributed by atoms with Crippen molar-refractivity contribution in [3.8, 4) is 44.5 Å². The minimum absolute atomic E-state index is 0.0147. The van der Waals surface area contributed by atoms with Crippen LogP contribution in [-0.2, 0) is 57.3 Å². The summed E-state index contributed by atoms with van der Waals surface area (Å²) in [5, 5.41) is 11.1. The zero-order valence-corrected chi connectivity index (χ0v) is 69.9. The van der Waals surface area contributed by atoms with Crippen LogP contribution in [0.2, 0.25) is 40.2 Å². The molecule has 0 spiro atoms. The number of pyridine rings is 4. The molecule has 34 heteroatoms. The molecule has 16 rings (SSSR count). The van der Waals surface area contributed by atoms with Crippen LogP contribution in [0.25, 0.3) is 67.1 Å². The van der Waals surface area contributed by atoms with Crippen molar-refractivity contribution in [1.82, 2.24) is 37.5 Å². The number of nitrogens with zero attached hydrogens (tertiary/aromatic N) is 11. The summed E-state index contributed by atoms with van der Waals surface area (Å²) in [5.74, 6) is 8.82. The zero-order chi connectivity index (χ0) is 79.2. The van der Waals surface area contributed by atoms with Crippen molar-refractivity contribution in [3.05, 3.63) is 191 Å². The molecule has 1 amide bonds. The summed E-state index contributed by atoms with van der Waals surface area (Å²) in [5.41, 5.74) is 52.5. The largest absolute Gasteiger partial charge is 0.395 e. The highest BCUT2D eigenvalue weighted by Crippen LogP contribution is 2.43. The first kappa shape index (κ1) is 82.7. The molecule has 0 saturated carbocycles. The Kier molecular flexibility index (Phi) is 27.4. The highest BCUT2D eigenvalue weighted by Gasteiger charge is 2.29. The number of carbonyl (C=O) groups excluding carboxylic acids is 1. The van der Waals surface area contributed by atoms with Crippen molar-refractivity contribution in [1.29, 1.82) is 0 Å². The van der Waals surface area contributed by atoms with Gasteiger partial charge in [-0.25, -0.2) is 19.9 Å². The first-order chi connectivity index (χ1) is 54.0. The molecule has 4 saturated heterocycles. The van der Waals surface area contributed by atoms with Gasteiger partial charge in [0.25, 0.3) is 0 Å². The molecule has 4 aliphatic heterocycles. The van der Waals surface area contributed by atoms with Crippen LogP contribution in [-0.4, -0.2) is 145 Å². The maximum absolute atomic E-state index is 12.6. The van der Waals surface area contributed by atoms with Crippen LogP contribution in [0.3, 0.4) is 0 Å². The summed E-state index contributed by atoms with van der Waals surface area (Å²) in [6.07, 6.45) is 16.6. The molecule has 4 fully saturated rings. The number of hydrogen-bond donors (Lipinski definition) is 8. The van der Waals surface area contributed by atoms with Crippen LogP contribution in [0.4, 0.5) is 40.3 Å². The molecule has 590 valence electrons. The highest BCUT2D eigenvalue weighted by molar-refractivity contribution is 7.99. The Bertz CT molecular complexity index is 5500. The van der Waals surface area contributed by atoms with E-state index in [0.717, 1.165) is 171 Å². The fraction of sp³-hybridized carbons (Fsp3) is 0.321. The van der Waals surface area contributed by atoms with E-state index >= 15 is 0 Å². The summed E-state index contributed by atoms with van der Waals surface area (Å²) in [7, 11) is -1.49. The van der Waals surface area contributed by atoms with Gasteiger partial charge in [-0.2, -0.15) is 11.8 Å². The second-order valence-corrected chi connectivity index (χ2v) is 35.5. The van der Waals surface area contributed by atoms with E-state index in [0.29, 0.717) is 130 Å². The van der Waals surface area contributed by atoms with Gasteiger partial charge in [-0.05, 0) is 78.9 Å². The minimum Gasteiger partial charge on any atom is -0.395 e. The van der Waals surface area contributed by atoms with Gasteiger partial charge in [0, 0.05) is 273 Å². The predicted octanol–water partition coefficient (Wildman–Crippen LogP) is 15.4. The summed E-state index contributed by atoms with van der Waals surface area (Å²) in [4.78, 5) is 37.6. The standard InChI is InChI=1S/C22H27Cl2N5OS.C20H20Cl2N4O2.C18H19Cl2N5OS.C18H19Cl2N5S/c1-14(2)11-26-21-17(10-25)18(16-4-3-15(23)9-19(16)24)13-29-20(12-27-22(21)29)28-5-7-31(30)8-6-28;21-14-1-2-15(17(22)8-14)16-11-26-18(7-13(16)9-23)24-10-19(26)25-20(27)12-3-5-28-6-4-12;19-11-1-2-12(15(20)7-11)14-10-25-16(24-3-5-27(26)6-4-24)9-23-18(25)17(22)13(14)8-21;19-11-1-2-12(15(20)7-11)14-10-25-16(24-3-5-26-6-4-24)9-23-18(25)17(22)13(14)8-21/h3-4,9,12-14,26H,5-8,10-11,25H2,1-2H3;1-2,7-8,10-12H,3-6,9,23H2,(H,25,27);1-2,7,9-10H,3-6,8,21-22H2;1-2,7,9-10H,3-6,8,21-22H2. The number of hydrogen-bond acceptors (Lipinski definition) is 19. The Morgan fingerprint density at radius 3 is 1.30 bits per heavy atom. The molecule has 0 aliphatic carbocycles. The van der Waals surface area contributed by atoms with E-state index in [9.17, 15) is 13.2 Å². The molecule has 14 N–H and O–H groups in total. The number of imidazole rings is 4. The number of amides is 1. The first-order valence-corrected chi connectivity index (χ1v) is 43.6. The van der Waals surface area contributed by atoms with E-state index in [2.05, 4.69) is 64.7 Å². The monoisotopic (exact) mass is 1730 g/mol. The Morgan fingerprint density at radius 2 is 0.893 bits per heavy atom. The first-order valence-electron chi connectivity index (χ1n) is 36.4. The Morgan fingerprint density at radius 1 is 0.500 bits per heavy atom. The second kappa shape index (κ2) is 37.1. The summed E-state index contributed by atoms with van der Waals surface area (Å²) >= 11 is 52.1. The molecule has 0 atom stereocenters. The van der Waals surface area contributed by atoms with Crippen LogP contribution in [0.15, 0.2) is 128 Å². The maximum Gasteiger partial charge on any atom is 0.228 e. The number of nitrogens with one attached hydrogen (secondary N) is 2. The number of ether oxygens (including phenoxy) is 1. The lowest BCUT2D eigenvalue weighted by atomic mass is 9.99. The number of anilines is 7. The number of thioether (sulfide) groups is 1. The van der Waals surface area contributed by atoms with E-state index in [-0.39, 0.29) is 18.4 Å². The van der Waals surface area contributed by atoms with Crippen LogP contribution < -0.4 is 59.7 Å². The number of carbonyl (C=O) groups is 1. The van der Waals surface area contributed by atoms with Crippen LogP contribution in [0.5, 0.6) is 0 Å². The highest BCUT2D eigenvalue weighted by atomic mass is 35.5. The normalized spacial score (nSPS) is 15.2. The van der Waals surface area contributed by atoms with Gasteiger partial charge in [0.05, 0.1) is 41.8 Å². The summed E-state index contributed by atoms with van der Waals surface area (Å²) in [6, 6.07) is 23.6. The topological polar surface area (TPSA) is 320 Å². The third kappa shape index (κ3) is 18.2.